The Kier molecular flexibility index (Phi) is 5.05. The number of hydrogen-bond donors (Lipinski definition) is 2. The van der Waals surface area contributed by atoms with Gasteiger partial charge < -0.3 is 4.98 Å². The van der Waals surface area contributed by atoms with Crippen molar-refractivity contribution in [2.45, 2.75) is 68.7 Å². The molecule has 1 atom stereocenters. The van der Waals surface area contributed by atoms with E-state index < -0.39 is 15.6 Å². The molecule has 7 nitrogen and oxygen atoms in total. The maximum absolute atomic E-state index is 12.7. The van der Waals surface area contributed by atoms with E-state index >= 15 is 0 Å². The third kappa shape index (κ3) is 3.72. The van der Waals surface area contributed by atoms with Crippen molar-refractivity contribution in [2.75, 3.05) is 0 Å². The fraction of sp³-hybridized carbons (Fsp3) is 0.476. The van der Waals surface area contributed by atoms with Gasteiger partial charge in [-0.05, 0) is 37.8 Å². The first-order valence-corrected chi connectivity index (χ1v) is 11.6. The van der Waals surface area contributed by atoms with E-state index in [0.29, 0.717) is 24.3 Å². The number of fused-ring (bicyclic) bond motifs is 3. The van der Waals surface area contributed by atoms with Crippen molar-refractivity contribution in [2.24, 2.45) is 0 Å². The lowest BCUT2D eigenvalue weighted by atomic mass is 9.98. The summed E-state index contributed by atoms with van der Waals surface area (Å²) in [4.78, 5) is 12.7. The van der Waals surface area contributed by atoms with Gasteiger partial charge in [-0.15, -0.1) is 0 Å². The van der Waals surface area contributed by atoms with Gasteiger partial charge in [-0.1, -0.05) is 32.8 Å². The molecule has 1 fully saturated rings. The van der Waals surface area contributed by atoms with E-state index in [2.05, 4.69) is 34.6 Å². The average molecular weight is 412 g/mol. The lowest BCUT2D eigenvalue weighted by Gasteiger charge is -2.12. The van der Waals surface area contributed by atoms with E-state index in [-0.39, 0.29) is 4.90 Å². The molecule has 0 spiro atoms. The van der Waals surface area contributed by atoms with Gasteiger partial charge in [-0.25, -0.2) is 18.4 Å². The standard InChI is InChI=1S/C21H25N5O2S/c1-3-5-6-14(4-2)19-23-12-17-16-8-7-15(11-18(16)24-20(17)25-19)29(27,28)26-21(13-22)9-10-21/h7-8,11-12,14,26H,3-6,9-10H2,1-2H3,(H,23,24,25). The molecule has 3 aromatic rings. The van der Waals surface area contributed by atoms with Gasteiger partial charge in [0, 0.05) is 28.4 Å². The van der Waals surface area contributed by atoms with Crippen LogP contribution in [0.15, 0.2) is 29.3 Å². The zero-order chi connectivity index (χ0) is 20.6. The molecule has 0 saturated heterocycles. The minimum absolute atomic E-state index is 0.139. The van der Waals surface area contributed by atoms with Gasteiger partial charge in [0.2, 0.25) is 10.0 Å². The number of nitrogens with zero attached hydrogens (tertiary/aromatic N) is 3. The van der Waals surface area contributed by atoms with Gasteiger partial charge in [0.1, 0.15) is 17.0 Å². The van der Waals surface area contributed by atoms with Gasteiger partial charge in [0.15, 0.2) is 0 Å². The smallest absolute Gasteiger partial charge is 0.242 e. The number of aromatic nitrogens is 3. The van der Waals surface area contributed by atoms with Crippen LogP contribution in [0.3, 0.4) is 0 Å². The summed E-state index contributed by atoms with van der Waals surface area (Å²) in [5.41, 5.74) is 0.471. The molecule has 0 aliphatic heterocycles. The van der Waals surface area contributed by atoms with Crippen LogP contribution in [0.5, 0.6) is 0 Å². The number of benzene rings is 1. The van der Waals surface area contributed by atoms with E-state index in [4.69, 9.17) is 4.98 Å². The first-order valence-electron chi connectivity index (χ1n) is 10.1. The first-order chi connectivity index (χ1) is 13.9. The molecule has 152 valence electrons. The lowest BCUT2D eigenvalue weighted by molar-refractivity contribution is 0.545. The Balaban J connectivity index is 1.70. The van der Waals surface area contributed by atoms with Crippen molar-refractivity contribution in [3.05, 3.63) is 30.2 Å². The van der Waals surface area contributed by atoms with Crippen molar-refractivity contribution in [1.29, 1.82) is 5.26 Å². The number of nitrogens with one attached hydrogen (secondary N) is 2. The largest absolute Gasteiger partial charge is 0.339 e. The molecule has 2 heterocycles. The van der Waals surface area contributed by atoms with Gasteiger partial charge in [0.05, 0.1) is 11.0 Å². The second-order valence-electron chi connectivity index (χ2n) is 7.87. The summed E-state index contributed by atoms with van der Waals surface area (Å²) in [6.45, 7) is 4.33. The zero-order valence-corrected chi connectivity index (χ0v) is 17.5. The van der Waals surface area contributed by atoms with Crippen LogP contribution in [-0.2, 0) is 10.0 Å². The summed E-state index contributed by atoms with van der Waals surface area (Å²) in [5, 5.41) is 10.9. The number of rotatable bonds is 8. The minimum Gasteiger partial charge on any atom is -0.339 e. The van der Waals surface area contributed by atoms with E-state index in [0.717, 1.165) is 47.9 Å². The van der Waals surface area contributed by atoms with E-state index in [1.54, 1.807) is 18.2 Å². The van der Waals surface area contributed by atoms with Crippen molar-refractivity contribution in [3.63, 3.8) is 0 Å². The lowest BCUT2D eigenvalue weighted by Crippen LogP contribution is -2.35. The highest BCUT2D eigenvalue weighted by Crippen LogP contribution is 2.36. The summed E-state index contributed by atoms with van der Waals surface area (Å²) in [6.07, 6.45) is 7.26. The number of nitriles is 1. The normalized spacial score (nSPS) is 16.7. The van der Waals surface area contributed by atoms with Crippen LogP contribution in [0, 0.1) is 11.3 Å². The first kappa shape index (κ1) is 19.8. The van der Waals surface area contributed by atoms with Crippen molar-refractivity contribution in [3.8, 4) is 6.07 Å². The van der Waals surface area contributed by atoms with Crippen LogP contribution in [0.4, 0.5) is 0 Å². The molecule has 1 aliphatic rings. The van der Waals surface area contributed by atoms with Gasteiger partial charge in [-0.2, -0.15) is 9.98 Å². The predicted molar refractivity (Wildman–Crippen MR) is 112 cm³/mol. The Bertz CT molecular complexity index is 1210. The van der Waals surface area contributed by atoms with E-state index in [9.17, 15) is 13.7 Å². The fourth-order valence-electron chi connectivity index (χ4n) is 3.69. The van der Waals surface area contributed by atoms with E-state index in [1.165, 1.54) is 0 Å². The van der Waals surface area contributed by atoms with Gasteiger partial charge in [-0.3, -0.25) is 0 Å². The Hall–Kier alpha value is -2.50. The average Bonchev–Trinajstić information content (AvgIpc) is 3.38. The highest BCUT2D eigenvalue weighted by Gasteiger charge is 2.46. The SMILES string of the molecule is CCCCC(CC)c1ncc2c(n1)[nH]c1cc(S(=O)(=O)NC3(C#N)CC3)ccc12. The Morgan fingerprint density at radius 1 is 1.31 bits per heavy atom. The van der Waals surface area contributed by atoms with Gasteiger partial charge in [0.25, 0.3) is 0 Å². The quantitative estimate of drug-likeness (QED) is 0.579. The summed E-state index contributed by atoms with van der Waals surface area (Å²) >= 11 is 0. The molecule has 4 rings (SSSR count). The molecule has 1 unspecified atom stereocenters. The molecule has 29 heavy (non-hydrogen) atoms. The van der Waals surface area contributed by atoms with Gasteiger partial charge >= 0.3 is 0 Å². The van der Waals surface area contributed by atoms with Crippen LogP contribution in [0.25, 0.3) is 21.9 Å². The summed E-state index contributed by atoms with van der Waals surface area (Å²) < 4.78 is 27.9. The Morgan fingerprint density at radius 2 is 2.10 bits per heavy atom. The highest BCUT2D eigenvalue weighted by molar-refractivity contribution is 7.89. The van der Waals surface area contributed by atoms with Crippen molar-refractivity contribution >= 4 is 32.0 Å². The number of hydrogen-bond acceptors (Lipinski definition) is 5. The molecular formula is C21H25N5O2S. The summed E-state index contributed by atoms with van der Waals surface area (Å²) in [5.74, 6) is 1.16. The third-order valence-electron chi connectivity index (χ3n) is 5.71. The number of unbranched alkanes of at least 4 members (excludes halogenated alkanes) is 1. The molecule has 2 aromatic heterocycles. The zero-order valence-electron chi connectivity index (χ0n) is 16.7. The number of sulfonamides is 1. The van der Waals surface area contributed by atoms with Crippen molar-refractivity contribution < 1.29 is 8.42 Å². The molecule has 1 aliphatic carbocycles. The summed E-state index contributed by atoms with van der Waals surface area (Å²) in [7, 11) is -3.76. The molecule has 0 bridgehead atoms. The Morgan fingerprint density at radius 3 is 2.76 bits per heavy atom. The second kappa shape index (κ2) is 7.39. The molecule has 0 radical (unpaired) electrons. The minimum atomic E-state index is -3.76. The van der Waals surface area contributed by atoms with Crippen LogP contribution >= 0.6 is 0 Å². The molecule has 0 amide bonds. The van der Waals surface area contributed by atoms with Crippen molar-refractivity contribution in [1.82, 2.24) is 19.7 Å². The third-order valence-corrected chi connectivity index (χ3v) is 7.24. The fourth-order valence-corrected chi connectivity index (χ4v) is 5.09. The predicted octanol–water partition coefficient (Wildman–Crippen LogP) is 4.13. The van der Waals surface area contributed by atoms with Crippen LogP contribution < -0.4 is 4.72 Å². The van der Waals surface area contributed by atoms with Crippen LogP contribution in [-0.4, -0.2) is 28.9 Å². The molecule has 1 aromatic carbocycles. The van der Waals surface area contributed by atoms with Crippen LogP contribution in [0.1, 0.15) is 64.1 Å². The number of aromatic amines is 1. The second-order valence-corrected chi connectivity index (χ2v) is 9.55. The number of H-pyrrole nitrogens is 1. The van der Waals surface area contributed by atoms with Crippen LogP contribution in [0.2, 0.25) is 0 Å². The molecule has 1 saturated carbocycles. The maximum atomic E-state index is 12.7. The van der Waals surface area contributed by atoms with E-state index in [1.807, 2.05) is 6.20 Å². The highest BCUT2D eigenvalue weighted by atomic mass is 32.2. The maximum Gasteiger partial charge on any atom is 0.242 e. The molecule has 8 heteroatoms. The molecule has 2 N–H and O–H groups in total. The molecular weight excluding hydrogens is 386 g/mol. The summed E-state index contributed by atoms with van der Waals surface area (Å²) in [6, 6.07) is 6.99. The monoisotopic (exact) mass is 411 g/mol. The Labute approximate surface area is 170 Å². The topological polar surface area (TPSA) is 112 Å².